The van der Waals surface area contributed by atoms with Crippen molar-refractivity contribution in [2.75, 3.05) is 0 Å². The molecule has 3 heteroatoms. The third kappa shape index (κ3) is 3.94. The number of halogens is 1. The molecule has 0 unspecified atom stereocenters. The van der Waals surface area contributed by atoms with E-state index in [1.165, 1.54) is 5.56 Å². The summed E-state index contributed by atoms with van der Waals surface area (Å²) in [7, 11) is -1.52. The lowest BCUT2D eigenvalue weighted by Gasteiger charge is -2.23. The second kappa shape index (κ2) is 4.53. The first kappa shape index (κ1) is 13.8. The van der Waals surface area contributed by atoms with E-state index in [2.05, 4.69) is 74.5 Å². The predicted molar refractivity (Wildman–Crippen MR) is 76.8 cm³/mol. The molecule has 0 saturated heterocycles. The van der Waals surface area contributed by atoms with Crippen LogP contribution in [0.15, 0.2) is 22.7 Å². The van der Waals surface area contributed by atoms with Gasteiger partial charge in [-0.15, -0.1) is 0 Å². The van der Waals surface area contributed by atoms with Gasteiger partial charge in [0.2, 0.25) is 8.32 Å². The smallest absolute Gasteiger partial charge is 0.242 e. The summed E-state index contributed by atoms with van der Waals surface area (Å²) in [5, 5.41) is 0. The van der Waals surface area contributed by atoms with E-state index in [1.54, 1.807) is 0 Å². The number of benzene rings is 1. The molecule has 1 nitrogen and oxygen atoms in total. The molecule has 0 aliphatic rings. The summed E-state index contributed by atoms with van der Waals surface area (Å²) in [6.07, 6.45) is 0. The normalized spacial score (nSPS) is 12.7. The van der Waals surface area contributed by atoms with Gasteiger partial charge in [-0.1, -0.05) is 26.8 Å². The molecule has 0 spiro atoms. The van der Waals surface area contributed by atoms with Crippen LogP contribution < -0.4 is 4.43 Å². The largest absolute Gasteiger partial charge is 0.544 e. The molecule has 16 heavy (non-hydrogen) atoms. The Labute approximate surface area is 108 Å². The quantitative estimate of drug-likeness (QED) is 0.701. The first-order valence-corrected chi connectivity index (χ1v) is 9.79. The zero-order chi connectivity index (χ0) is 12.6. The molecule has 0 heterocycles. The summed E-state index contributed by atoms with van der Waals surface area (Å²) in [6, 6.07) is 6.39. The fourth-order valence-corrected chi connectivity index (χ4v) is 2.83. The van der Waals surface area contributed by atoms with Gasteiger partial charge in [0.1, 0.15) is 5.75 Å². The van der Waals surface area contributed by atoms with Gasteiger partial charge in [-0.05, 0) is 58.7 Å². The summed E-state index contributed by atoms with van der Waals surface area (Å²) < 4.78 is 7.05. The minimum atomic E-state index is -1.52. The van der Waals surface area contributed by atoms with Gasteiger partial charge < -0.3 is 4.43 Å². The predicted octanol–water partition coefficient (Wildman–Crippen LogP) is 4.96. The van der Waals surface area contributed by atoms with Crippen molar-refractivity contribution < 1.29 is 4.43 Å². The number of rotatable bonds is 2. The Kier molecular flexibility index (Phi) is 3.90. The molecule has 1 aromatic carbocycles. The molecule has 0 saturated carbocycles. The van der Waals surface area contributed by atoms with Crippen LogP contribution in [-0.4, -0.2) is 8.32 Å². The number of hydrogen-bond donors (Lipinski definition) is 0. The summed E-state index contributed by atoms with van der Waals surface area (Å²) in [4.78, 5) is 0. The van der Waals surface area contributed by atoms with E-state index in [4.69, 9.17) is 4.43 Å². The third-order valence-electron chi connectivity index (χ3n) is 2.21. The first-order chi connectivity index (χ1) is 7.09. The van der Waals surface area contributed by atoms with Gasteiger partial charge in [0, 0.05) is 0 Å². The van der Waals surface area contributed by atoms with Gasteiger partial charge in [-0.25, -0.2) is 0 Å². The second-order valence-corrected chi connectivity index (χ2v) is 11.4. The summed E-state index contributed by atoms with van der Waals surface area (Å²) in [5.74, 6) is 0.965. The molecule has 0 N–H and O–H groups in total. The minimum Gasteiger partial charge on any atom is -0.544 e. The maximum absolute atomic E-state index is 5.99. The highest BCUT2D eigenvalue weighted by molar-refractivity contribution is 9.10. The van der Waals surface area contributed by atoms with Crippen LogP contribution in [0.25, 0.3) is 0 Å². The Bertz CT molecular complexity index is 374. The Morgan fingerprint density at radius 3 is 2.06 bits per heavy atom. The van der Waals surface area contributed by atoms with E-state index in [0.29, 0.717) is 0 Å². The molecule has 1 aromatic rings. The van der Waals surface area contributed by atoms with E-state index in [0.717, 1.165) is 10.2 Å². The van der Waals surface area contributed by atoms with Crippen LogP contribution >= 0.6 is 15.9 Å². The van der Waals surface area contributed by atoms with Crippen molar-refractivity contribution in [3.63, 3.8) is 0 Å². The topological polar surface area (TPSA) is 9.23 Å². The average molecular weight is 301 g/mol. The van der Waals surface area contributed by atoms with E-state index in [-0.39, 0.29) is 5.41 Å². The van der Waals surface area contributed by atoms with Crippen molar-refractivity contribution in [2.45, 2.75) is 45.8 Å². The Morgan fingerprint density at radius 2 is 1.69 bits per heavy atom. The Morgan fingerprint density at radius 1 is 1.12 bits per heavy atom. The average Bonchev–Trinajstić information content (AvgIpc) is 2.04. The molecular weight excluding hydrogens is 280 g/mol. The molecule has 90 valence electrons. The molecule has 0 radical (unpaired) electrons. The lowest BCUT2D eigenvalue weighted by Crippen LogP contribution is -2.29. The molecule has 0 aliphatic heterocycles. The summed E-state index contributed by atoms with van der Waals surface area (Å²) in [6.45, 7) is 13.2. The third-order valence-corrected chi connectivity index (χ3v) is 3.67. The van der Waals surface area contributed by atoms with Crippen LogP contribution in [0.4, 0.5) is 0 Å². The van der Waals surface area contributed by atoms with Crippen molar-refractivity contribution in [3.8, 4) is 5.75 Å². The first-order valence-electron chi connectivity index (χ1n) is 5.59. The van der Waals surface area contributed by atoms with Crippen LogP contribution in [0.5, 0.6) is 5.75 Å². The monoisotopic (exact) mass is 300 g/mol. The van der Waals surface area contributed by atoms with Gasteiger partial charge in [-0.3, -0.25) is 0 Å². The highest BCUT2D eigenvalue weighted by Gasteiger charge is 2.19. The maximum atomic E-state index is 5.99. The molecule has 0 aromatic heterocycles. The van der Waals surface area contributed by atoms with E-state index in [9.17, 15) is 0 Å². The molecule has 0 aliphatic carbocycles. The highest BCUT2D eigenvalue weighted by atomic mass is 79.9. The Balaban J connectivity index is 3.01. The molecule has 0 atom stereocenters. The standard InChI is InChI=1S/C13H21BrOSi/c1-13(2,3)10-7-8-12(11(14)9-10)15-16(4,5)6/h7-9H,1-6H3. The summed E-state index contributed by atoms with van der Waals surface area (Å²) >= 11 is 3.59. The molecule has 0 amide bonds. The molecule has 0 fully saturated rings. The van der Waals surface area contributed by atoms with E-state index in [1.807, 2.05) is 0 Å². The molecule has 0 bridgehead atoms. The van der Waals surface area contributed by atoms with Crippen LogP contribution in [0.1, 0.15) is 26.3 Å². The van der Waals surface area contributed by atoms with Crippen molar-refractivity contribution in [3.05, 3.63) is 28.2 Å². The molecular formula is C13H21BrOSi. The van der Waals surface area contributed by atoms with E-state index < -0.39 is 8.32 Å². The lowest BCUT2D eigenvalue weighted by atomic mass is 9.87. The fraction of sp³-hybridized carbons (Fsp3) is 0.538. The van der Waals surface area contributed by atoms with Crippen LogP contribution in [0.2, 0.25) is 19.6 Å². The van der Waals surface area contributed by atoms with Gasteiger partial charge in [0.25, 0.3) is 0 Å². The van der Waals surface area contributed by atoms with Gasteiger partial charge in [-0.2, -0.15) is 0 Å². The summed E-state index contributed by atoms with van der Waals surface area (Å²) in [5.41, 5.74) is 1.50. The second-order valence-electron chi connectivity index (χ2n) is 6.11. The van der Waals surface area contributed by atoms with Crippen molar-refractivity contribution in [1.82, 2.24) is 0 Å². The SMILES string of the molecule is CC(C)(C)c1ccc(O[Si](C)(C)C)c(Br)c1. The van der Waals surface area contributed by atoms with Gasteiger partial charge in [0.15, 0.2) is 0 Å². The van der Waals surface area contributed by atoms with Crippen molar-refractivity contribution >= 4 is 24.2 Å². The lowest BCUT2D eigenvalue weighted by molar-refractivity contribution is 0.549. The highest BCUT2D eigenvalue weighted by Crippen LogP contribution is 2.32. The minimum absolute atomic E-state index is 0.181. The maximum Gasteiger partial charge on any atom is 0.242 e. The van der Waals surface area contributed by atoms with Crippen LogP contribution in [0.3, 0.4) is 0 Å². The molecule has 1 rings (SSSR count). The fourth-order valence-electron chi connectivity index (χ4n) is 1.38. The Hall–Kier alpha value is -0.283. The van der Waals surface area contributed by atoms with Crippen LogP contribution in [0, 0.1) is 0 Å². The zero-order valence-electron chi connectivity index (χ0n) is 11.0. The van der Waals surface area contributed by atoms with Crippen molar-refractivity contribution in [1.29, 1.82) is 0 Å². The van der Waals surface area contributed by atoms with Gasteiger partial charge in [0.05, 0.1) is 4.47 Å². The number of hydrogen-bond acceptors (Lipinski definition) is 1. The van der Waals surface area contributed by atoms with Crippen LogP contribution in [-0.2, 0) is 5.41 Å². The van der Waals surface area contributed by atoms with E-state index >= 15 is 0 Å². The van der Waals surface area contributed by atoms with Gasteiger partial charge >= 0.3 is 0 Å². The zero-order valence-corrected chi connectivity index (χ0v) is 13.6. The van der Waals surface area contributed by atoms with Crippen molar-refractivity contribution in [2.24, 2.45) is 0 Å².